The molecule has 1 aliphatic heterocycles. The monoisotopic (exact) mass is 329 g/mol. The Kier molecular flexibility index (Phi) is 3.72. The van der Waals surface area contributed by atoms with E-state index in [0.29, 0.717) is 25.1 Å². The van der Waals surface area contributed by atoms with E-state index in [2.05, 4.69) is 15.1 Å². The summed E-state index contributed by atoms with van der Waals surface area (Å²) in [5.41, 5.74) is 1.15. The van der Waals surface area contributed by atoms with Crippen LogP contribution in [0.3, 0.4) is 0 Å². The molecule has 7 heteroatoms. The molecular weight excluding hydrogens is 314 g/mol. The highest BCUT2D eigenvalue weighted by atomic mass is 32.1. The second kappa shape index (κ2) is 6.02. The van der Waals surface area contributed by atoms with Gasteiger partial charge in [-0.15, -0.1) is 21.5 Å². The molecule has 0 aliphatic carbocycles. The first-order chi connectivity index (χ1) is 11.3. The number of aromatic nitrogens is 2. The van der Waals surface area contributed by atoms with E-state index < -0.39 is 0 Å². The molecule has 0 bridgehead atoms. The average Bonchev–Trinajstić information content (AvgIpc) is 3.27. The van der Waals surface area contributed by atoms with Crippen LogP contribution >= 0.6 is 11.3 Å². The highest BCUT2D eigenvalue weighted by Crippen LogP contribution is 2.32. The molecule has 6 nitrogen and oxygen atoms in total. The standard InChI is InChI=1S/C16H15N3O3S/c1-19(8-11-4-5-12-13(7-11)21-10-20-12)9-15-17-18-16(22-15)14-3-2-6-23-14/h2-7H,8-10H2,1H3. The fourth-order valence-corrected chi connectivity index (χ4v) is 3.10. The quantitative estimate of drug-likeness (QED) is 0.716. The molecule has 0 N–H and O–H groups in total. The number of ether oxygens (including phenoxy) is 2. The van der Waals surface area contributed by atoms with E-state index >= 15 is 0 Å². The van der Waals surface area contributed by atoms with Crippen molar-refractivity contribution in [2.45, 2.75) is 13.1 Å². The van der Waals surface area contributed by atoms with Crippen molar-refractivity contribution < 1.29 is 13.9 Å². The molecule has 2 aromatic heterocycles. The topological polar surface area (TPSA) is 60.6 Å². The lowest BCUT2D eigenvalue weighted by Gasteiger charge is -2.14. The molecule has 3 aromatic rings. The fraction of sp³-hybridized carbons (Fsp3) is 0.250. The number of hydrogen-bond donors (Lipinski definition) is 0. The van der Waals surface area contributed by atoms with Gasteiger partial charge in [-0.2, -0.15) is 0 Å². The van der Waals surface area contributed by atoms with Crippen molar-refractivity contribution in [2.75, 3.05) is 13.8 Å². The third kappa shape index (κ3) is 3.06. The van der Waals surface area contributed by atoms with E-state index in [1.165, 1.54) is 0 Å². The lowest BCUT2D eigenvalue weighted by atomic mass is 10.2. The molecule has 0 amide bonds. The van der Waals surface area contributed by atoms with Crippen LogP contribution in [0.5, 0.6) is 11.5 Å². The average molecular weight is 329 g/mol. The minimum atomic E-state index is 0.294. The van der Waals surface area contributed by atoms with E-state index in [4.69, 9.17) is 13.9 Å². The van der Waals surface area contributed by atoms with Crippen LogP contribution in [-0.4, -0.2) is 28.9 Å². The number of thiophene rings is 1. The molecule has 0 saturated heterocycles. The van der Waals surface area contributed by atoms with Crippen LogP contribution in [0.2, 0.25) is 0 Å². The molecule has 23 heavy (non-hydrogen) atoms. The maximum absolute atomic E-state index is 5.71. The van der Waals surface area contributed by atoms with Crippen molar-refractivity contribution >= 4 is 11.3 Å². The first kappa shape index (κ1) is 14.2. The van der Waals surface area contributed by atoms with Crippen LogP contribution in [0.1, 0.15) is 11.5 Å². The predicted octanol–water partition coefficient (Wildman–Crippen LogP) is 3.16. The van der Waals surface area contributed by atoms with Crippen molar-refractivity contribution in [3.63, 3.8) is 0 Å². The Balaban J connectivity index is 1.41. The highest BCUT2D eigenvalue weighted by Gasteiger charge is 2.15. The Labute approximate surface area is 137 Å². The van der Waals surface area contributed by atoms with E-state index in [-0.39, 0.29) is 0 Å². The van der Waals surface area contributed by atoms with Crippen molar-refractivity contribution in [2.24, 2.45) is 0 Å². The molecule has 0 fully saturated rings. The molecule has 0 atom stereocenters. The Hall–Kier alpha value is -2.38. The van der Waals surface area contributed by atoms with Gasteiger partial charge in [0.25, 0.3) is 5.89 Å². The summed E-state index contributed by atoms with van der Waals surface area (Å²) in [4.78, 5) is 3.10. The Morgan fingerprint density at radius 3 is 2.91 bits per heavy atom. The molecule has 3 heterocycles. The van der Waals surface area contributed by atoms with Crippen LogP contribution in [0.25, 0.3) is 10.8 Å². The summed E-state index contributed by atoms with van der Waals surface area (Å²) >= 11 is 1.59. The first-order valence-corrected chi connectivity index (χ1v) is 8.09. The van der Waals surface area contributed by atoms with Crippen LogP contribution in [0.15, 0.2) is 40.1 Å². The Morgan fingerprint density at radius 1 is 1.13 bits per heavy atom. The lowest BCUT2D eigenvalue weighted by Crippen LogP contribution is -2.17. The Morgan fingerprint density at radius 2 is 2.04 bits per heavy atom. The summed E-state index contributed by atoms with van der Waals surface area (Å²) in [7, 11) is 2.01. The molecule has 0 saturated carbocycles. The molecule has 0 spiro atoms. The summed E-state index contributed by atoms with van der Waals surface area (Å²) in [6.45, 7) is 1.64. The summed E-state index contributed by atoms with van der Waals surface area (Å²) in [5, 5.41) is 10.2. The third-order valence-corrected chi connectivity index (χ3v) is 4.35. The minimum Gasteiger partial charge on any atom is -0.454 e. The van der Waals surface area contributed by atoms with E-state index in [9.17, 15) is 0 Å². The van der Waals surface area contributed by atoms with Gasteiger partial charge in [-0.25, -0.2) is 0 Å². The Bertz CT molecular complexity index is 801. The predicted molar refractivity (Wildman–Crippen MR) is 85.3 cm³/mol. The molecule has 1 aliphatic rings. The normalized spacial score (nSPS) is 13.0. The van der Waals surface area contributed by atoms with Crippen molar-refractivity contribution in [1.82, 2.24) is 15.1 Å². The van der Waals surface area contributed by atoms with E-state index in [0.717, 1.165) is 28.5 Å². The second-order valence-electron chi connectivity index (χ2n) is 5.34. The smallest absolute Gasteiger partial charge is 0.257 e. The van der Waals surface area contributed by atoms with Gasteiger partial charge in [0, 0.05) is 6.54 Å². The zero-order chi connectivity index (χ0) is 15.6. The molecule has 1 aromatic carbocycles. The van der Waals surface area contributed by atoms with Gasteiger partial charge >= 0.3 is 0 Å². The highest BCUT2D eigenvalue weighted by molar-refractivity contribution is 7.13. The summed E-state index contributed by atoms with van der Waals surface area (Å²) in [6, 6.07) is 9.92. The summed E-state index contributed by atoms with van der Waals surface area (Å²) in [5.74, 6) is 2.78. The van der Waals surface area contributed by atoms with Gasteiger partial charge in [-0.3, -0.25) is 4.90 Å². The van der Waals surface area contributed by atoms with Crippen LogP contribution < -0.4 is 9.47 Å². The number of rotatable bonds is 5. The van der Waals surface area contributed by atoms with Gasteiger partial charge in [0.2, 0.25) is 12.7 Å². The van der Waals surface area contributed by atoms with Gasteiger partial charge in [-0.05, 0) is 36.2 Å². The summed E-state index contributed by atoms with van der Waals surface area (Å²) < 4.78 is 16.4. The molecule has 0 radical (unpaired) electrons. The summed E-state index contributed by atoms with van der Waals surface area (Å²) in [6.07, 6.45) is 0. The van der Waals surface area contributed by atoms with E-state index in [1.54, 1.807) is 11.3 Å². The maximum atomic E-state index is 5.71. The SMILES string of the molecule is CN(Cc1ccc2c(c1)OCO2)Cc1nnc(-c2cccs2)o1. The van der Waals surface area contributed by atoms with Crippen molar-refractivity contribution in [3.05, 3.63) is 47.2 Å². The molecule has 118 valence electrons. The van der Waals surface area contributed by atoms with Crippen LogP contribution in [-0.2, 0) is 13.1 Å². The minimum absolute atomic E-state index is 0.294. The third-order valence-electron chi connectivity index (χ3n) is 3.49. The van der Waals surface area contributed by atoms with Crippen molar-refractivity contribution in [1.29, 1.82) is 0 Å². The van der Waals surface area contributed by atoms with Gasteiger partial charge in [0.05, 0.1) is 11.4 Å². The fourth-order valence-electron chi connectivity index (χ4n) is 2.46. The maximum Gasteiger partial charge on any atom is 0.257 e. The zero-order valence-electron chi connectivity index (χ0n) is 12.6. The van der Waals surface area contributed by atoms with E-state index in [1.807, 2.05) is 42.8 Å². The van der Waals surface area contributed by atoms with Crippen LogP contribution in [0.4, 0.5) is 0 Å². The number of benzene rings is 1. The largest absolute Gasteiger partial charge is 0.454 e. The van der Waals surface area contributed by atoms with Gasteiger partial charge in [0.15, 0.2) is 11.5 Å². The van der Waals surface area contributed by atoms with Crippen LogP contribution in [0, 0.1) is 0 Å². The number of hydrogen-bond acceptors (Lipinski definition) is 7. The van der Waals surface area contributed by atoms with Crippen molar-refractivity contribution in [3.8, 4) is 22.3 Å². The lowest BCUT2D eigenvalue weighted by molar-refractivity contribution is 0.174. The molecular formula is C16H15N3O3S. The number of nitrogens with zero attached hydrogens (tertiary/aromatic N) is 3. The second-order valence-corrected chi connectivity index (χ2v) is 6.29. The first-order valence-electron chi connectivity index (χ1n) is 7.21. The van der Waals surface area contributed by atoms with Gasteiger partial charge in [0.1, 0.15) is 0 Å². The zero-order valence-corrected chi connectivity index (χ0v) is 13.4. The van der Waals surface area contributed by atoms with Gasteiger partial charge < -0.3 is 13.9 Å². The van der Waals surface area contributed by atoms with Gasteiger partial charge in [-0.1, -0.05) is 12.1 Å². The number of fused-ring (bicyclic) bond motifs is 1. The molecule has 0 unspecified atom stereocenters. The molecule has 4 rings (SSSR count).